The minimum Gasteiger partial charge on any atom is -0.495 e. The van der Waals surface area contributed by atoms with Crippen molar-refractivity contribution in [1.29, 1.82) is 0 Å². The number of aliphatic hydroxyl groups excluding tert-OH is 1. The number of hydrogen-bond donors (Lipinski definition) is 4. The topological polar surface area (TPSA) is 121 Å². The van der Waals surface area contributed by atoms with Gasteiger partial charge < -0.3 is 34.6 Å². The first-order valence-electron chi connectivity index (χ1n) is 12.4. The Morgan fingerprint density at radius 3 is 2.44 bits per heavy atom. The number of β-amino-alcohol motifs (C(OH)–C–C–N with tert-alkyl or cyclic N) is 1. The van der Waals surface area contributed by atoms with E-state index in [0.29, 0.717) is 70.7 Å². The number of aliphatic hydroxyl groups is 2. The monoisotopic (exact) mass is 575 g/mol. The van der Waals surface area contributed by atoms with Crippen LogP contribution in [0, 0.1) is 0 Å². The van der Waals surface area contributed by atoms with Crippen molar-refractivity contribution in [2.45, 2.75) is 30.8 Å². The highest BCUT2D eigenvalue weighted by molar-refractivity contribution is 6.41. The fraction of sp³-hybridized carbons (Fsp3) is 0.407. The van der Waals surface area contributed by atoms with Gasteiger partial charge in [0.05, 0.1) is 60.9 Å². The highest BCUT2D eigenvalue weighted by atomic mass is 35.5. The van der Waals surface area contributed by atoms with Gasteiger partial charge in [-0.05, 0) is 25.1 Å². The number of benzene rings is 1. The molecule has 5 rings (SSSR count). The molecule has 2 saturated heterocycles. The molecule has 3 atom stereocenters. The fourth-order valence-electron chi connectivity index (χ4n) is 4.95. The van der Waals surface area contributed by atoms with Crippen LogP contribution in [0.1, 0.15) is 6.92 Å². The maximum absolute atomic E-state index is 10.5. The number of anilines is 2. The van der Waals surface area contributed by atoms with Crippen molar-refractivity contribution in [1.82, 2.24) is 15.3 Å². The van der Waals surface area contributed by atoms with Gasteiger partial charge in [-0.1, -0.05) is 29.8 Å². The molecule has 2 fully saturated rings. The third-order valence-corrected chi connectivity index (χ3v) is 7.66. The van der Waals surface area contributed by atoms with E-state index in [1.54, 1.807) is 19.2 Å². The first kappa shape index (κ1) is 27.7. The molecular formula is C27H31Cl2N5O5. The molecular weight excluding hydrogens is 545 g/mol. The SMILES string of the molecule is C=CC(O)N[C@H]1COC[C@H]1Nc1cc2c(N3CC(C)(O)C3)nc(-c3c(Cl)c(OC)cc(OC)c3Cl)cc2cn1. The number of halogens is 2. The molecule has 10 nitrogen and oxygen atoms in total. The van der Waals surface area contributed by atoms with Gasteiger partial charge in [0.2, 0.25) is 0 Å². The van der Waals surface area contributed by atoms with Crippen LogP contribution in [-0.2, 0) is 4.74 Å². The van der Waals surface area contributed by atoms with Crippen LogP contribution in [0.5, 0.6) is 11.5 Å². The van der Waals surface area contributed by atoms with Gasteiger partial charge in [-0.3, -0.25) is 5.32 Å². The molecule has 12 heteroatoms. The van der Waals surface area contributed by atoms with Gasteiger partial charge in [-0.25, -0.2) is 9.97 Å². The molecule has 0 saturated carbocycles. The Balaban J connectivity index is 1.58. The molecule has 0 bridgehead atoms. The number of nitrogens with one attached hydrogen (secondary N) is 2. The Bertz CT molecular complexity index is 1370. The lowest BCUT2D eigenvalue weighted by atomic mass is 9.96. The number of methoxy groups -OCH3 is 2. The smallest absolute Gasteiger partial charge is 0.141 e. The van der Waals surface area contributed by atoms with Crippen LogP contribution in [0.3, 0.4) is 0 Å². The molecule has 2 aromatic heterocycles. The third kappa shape index (κ3) is 5.45. The van der Waals surface area contributed by atoms with Gasteiger partial charge in [0, 0.05) is 41.7 Å². The van der Waals surface area contributed by atoms with E-state index in [1.807, 2.05) is 17.0 Å². The molecule has 0 amide bonds. The lowest BCUT2D eigenvalue weighted by Gasteiger charge is -2.45. The highest BCUT2D eigenvalue weighted by Crippen LogP contribution is 2.47. The van der Waals surface area contributed by atoms with E-state index in [1.165, 1.54) is 20.3 Å². The standard InChI is InChI=1S/C27H31Cl2N5O5/c1-5-22(35)32-18-11-39-10-17(18)31-21-7-15-14(9-30-21)6-16(33-26(15)34-12-27(2,36)13-34)23-24(28)19(37-3)8-20(38-4)25(23)29/h5-9,17-18,22,32,35-36H,1,10-13H2,2-4H3,(H,30,31)/t17-,18+,22?/m1/s1. The molecule has 39 heavy (non-hydrogen) atoms. The summed E-state index contributed by atoms with van der Waals surface area (Å²) in [5.74, 6) is 2.10. The lowest BCUT2D eigenvalue weighted by molar-refractivity contribution is 0.0307. The maximum atomic E-state index is 10.5. The quantitative estimate of drug-likeness (QED) is 0.223. The third-order valence-electron chi connectivity index (χ3n) is 6.91. The summed E-state index contributed by atoms with van der Waals surface area (Å²) in [7, 11) is 3.04. The van der Waals surface area contributed by atoms with Crippen LogP contribution in [0.15, 0.2) is 37.1 Å². The minimum atomic E-state index is -0.840. The van der Waals surface area contributed by atoms with Gasteiger partial charge in [-0.15, -0.1) is 0 Å². The van der Waals surface area contributed by atoms with Crippen LogP contribution in [-0.4, -0.2) is 84.6 Å². The number of aromatic nitrogens is 2. The summed E-state index contributed by atoms with van der Waals surface area (Å²) in [6, 6.07) is 5.16. The molecule has 4 heterocycles. The summed E-state index contributed by atoms with van der Waals surface area (Å²) >= 11 is 13.4. The van der Waals surface area contributed by atoms with Crippen LogP contribution in [0.4, 0.5) is 11.6 Å². The van der Waals surface area contributed by atoms with Gasteiger partial charge >= 0.3 is 0 Å². The van der Waals surface area contributed by atoms with Crippen molar-refractivity contribution in [2.75, 3.05) is 50.7 Å². The van der Waals surface area contributed by atoms with Crippen molar-refractivity contribution in [3.05, 3.63) is 47.1 Å². The second-order valence-corrected chi connectivity index (χ2v) is 10.8. The first-order chi connectivity index (χ1) is 18.6. The van der Waals surface area contributed by atoms with Crippen LogP contribution in [0.2, 0.25) is 10.0 Å². The van der Waals surface area contributed by atoms with Gasteiger partial charge in [0.15, 0.2) is 0 Å². The van der Waals surface area contributed by atoms with E-state index < -0.39 is 11.8 Å². The Morgan fingerprint density at radius 2 is 1.82 bits per heavy atom. The Morgan fingerprint density at radius 1 is 1.15 bits per heavy atom. The van der Waals surface area contributed by atoms with E-state index >= 15 is 0 Å². The maximum Gasteiger partial charge on any atom is 0.141 e. The molecule has 1 aromatic carbocycles. The Kier molecular flexibility index (Phi) is 7.78. The number of rotatable bonds is 9. The molecule has 2 aliphatic heterocycles. The summed E-state index contributed by atoms with van der Waals surface area (Å²) < 4.78 is 16.5. The van der Waals surface area contributed by atoms with E-state index in [2.05, 4.69) is 22.2 Å². The predicted molar refractivity (Wildman–Crippen MR) is 152 cm³/mol. The van der Waals surface area contributed by atoms with E-state index in [0.717, 1.165) is 10.8 Å². The average Bonchev–Trinajstić information content (AvgIpc) is 3.33. The van der Waals surface area contributed by atoms with Crippen molar-refractivity contribution < 1.29 is 24.4 Å². The number of fused-ring (bicyclic) bond motifs is 1. The number of ether oxygens (including phenoxy) is 3. The molecule has 3 aromatic rings. The zero-order chi connectivity index (χ0) is 27.9. The molecule has 0 aliphatic carbocycles. The zero-order valence-corrected chi connectivity index (χ0v) is 23.4. The zero-order valence-electron chi connectivity index (χ0n) is 21.9. The van der Waals surface area contributed by atoms with E-state index in [4.69, 9.17) is 42.4 Å². The molecule has 208 valence electrons. The second-order valence-electron chi connectivity index (χ2n) is 10.0. The average molecular weight is 576 g/mol. The summed E-state index contributed by atoms with van der Waals surface area (Å²) in [6.45, 7) is 7.12. The Labute approximate surface area is 236 Å². The number of pyridine rings is 2. The molecule has 2 aliphatic rings. The first-order valence-corrected chi connectivity index (χ1v) is 13.2. The van der Waals surface area contributed by atoms with Crippen molar-refractivity contribution >= 4 is 45.6 Å². The fourth-order valence-corrected chi connectivity index (χ4v) is 5.65. The Hall–Kier alpha value is -2.86. The van der Waals surface area contributed by atoms with Crippen LogP contribution >= 0.6 is 23.2 Å². The summed E-state index contributed by atoms with van der Waals surface area (Å²) in [5.41, 5.74) is 0.175. The van der Waals surface area contributed by atoms with Crippen LogP contribution < -0.4 is 25.0 Å². The van der Waals surface area contributed by atoms with Crippen LogP contribution in [0.25, 0.3) is 22.0 Å². The van der Waals surface area contributed by atoms with Crippen molar-refractivity contribution in [3.63, 3.8) is 0 Å². The van der Waals surface area contributed by atoms with Crippen molar-refractivity contribution in [2.24, 2.45) is 0 Å². The number of nitrogens with zero attached hydrogens (tertiary/aromatic N) is 3. The van der Waals surface area contributed by atoms with Crippen molar-refractivity contribution in [3.8, 4) is 22.8 Å². The minimum absolute atomic E-state index is 0.119. The predicted octanol–water partition coefficient (Wildman–Crippen LogP) is 3.47. The van der Waals surface area contributed by atoms with E-state index in [9.17, 15) is 10.2 Å². The van der Waals surface area contributed by atoms with Gasteiger partial charge in [0.25, 0.3) is 0 Å². The van der Waals surface area contributed by atoms with Gasteiger partial charge in [-0.2, -0.15) is 0 Å². The largest absolute Gasteiger partial charge is 0.495 e. The van der Waals surface area contributed by atoms with Gasteiger partial charge in [0.1, 0.15) is 29.4 Å². The highest BCUT2D eigenvalue weighted by Gasteiger charge is 2.38. The normalized spacial score (nSPS) is 20.9. The number of hydrogen-bond acceptors (Lipinski definition) is 10. The summed E-state index contributed by atoms with van der Waals surface area (Å²) in [5, 5.41) is 29.2. The summed E-state index contributed by atoms with van der Waals surface area (Å²) in [6.07, 6.45) is 2.34. The molecule has 4 N–H and O–H groups in total. The molecule has 1 unspecified atom stereocenters. The second kappa shape index (κ2) is 11.0. The molecule has 0 radical (unpaired) electrons. The van der Waals surface area contributed by atoms with E-state index in [-0.39, 0.29) is 12.1 Å². The lowest BCUT2D eigenvalue weighted by Crippen LogP contribution is -2.60. The molecule has 0 spiro atoms. The summed E-state index contributed by atoms with van der Waals surface area (Å²) in [4.78, 5) is 11.6.